The molecule has 90 valence electrons. The van der Waals surface area contributed by atoms with Crippen molar-refractivity contribution < 1.29 is 9.84 Å². The molecule has 0 fully saturated rings. The van der Waals surface area contributed by atoms with Gasteiger partial charge in [0.25, 0.3) is 0 Å². The lowest BCUT2D eigenvalue weighted by atomic mass is 10.0. The average molecular weight is 223 g/mol. The number of aliphatic hydroxyl groups excluding tert-OH is 1. The summed E-state index contributed by atoms with van der Waals surface area (Å²) in [7, 11) is 0. The molecule has 0 radical (unpaired) electrons. The van der Waals surface area contributed by atoms with Crippen LogP contribution in [0.2, 0.25) is 0 Å². The van der Waals surface area contributed by atoms with Crippen LogP contribution >= 0.6 is 0 Å². The zero-order valence-electron chi connectivity index (χ0n) is 10.2. The van der Waals surface area contributed by atoms with E-state index < -0.39 is 6.10 Å². The highest BCUT2D eigenvalue weighted by molar-refractivity contribution is 5.32. The van der Waals surface area contributed by atoms with Gasteiger partial charge in [0.1, 0.15) is 18.0 Å². The Morgan fingerprint density at radius 1 is 1.31 bits per heavy atom. The lowest BCUT2D eigenvalue weighted by Gasteiger charge is -2.27. The number of nitrogens with two attached hydrogens (primary N) is 1. The van der Waals surface area contributed by atoms with Crippen LogP contribution in [0.4, 0.5) is 0 Å². The molecule has 0 aliphatic heterocycles. The number of hydrogen-bond acceptors (Lipinski definition) is 3. The van der Waals surface area contributed by atoms with Crippen molar-refractivity contribution in [2.45, 2.75) is 33.0 Å². The van der Waals surface area contributed by atoms with E-state index in [9.17, 15) is 5.11 Å². The Morgan fingerprint density at radius 3 is 2.44 bits per heavy atom. The highest BCUT2D eigenvalue weighted by atomic mass is 16.5. The number of benzene rings is 1. The largest absolute Gasteiger partial charge is 0.487 e. The van der Waals surface area contributed by atoms with Crippen LogP contribution in [0.3, 0.4) is 0 Å². The number of aliphatic hydroxyl groups is 1. The second kappa shape index (κ2) is 5.87. The summed E-state index contributed by atoms with van der Waals surface area (Å²) >= 11 is 0. The zero-order valence-corrected chi connectivity index (χ0v) is 10.2. The van der Waals surface area contributed by atoms with Crippen LogP contribution in [0, 0.1) is 12.8 Å². The molecule has 0 spiro atoms. The van der Waals surface area contributed by atoms with Crippen molar-refractivity contribution in [2.75, 3.05) is 6.54 Å². The molecule has 0 aromatic heterocycles. The van der Waals surface area contributed by atoms with E-state index in [1.165, 1.54) is 0 Å². The lowest BCUT2D eigenvalue weighted by molar-refractivity contribution is 0.0143. The number of para-hydroxylation sites is 1. The maximum Gasteiger partial charge on any atom is 0.128 e. The summed E-state index contributed by atoms with van der Waals surface area (Å²) in [5.41, 5.74) is 6.54. The molecule has 0 bridgehead atoms. The monoisotopic (exact) mass is 223 g/mol. The summed E-state index contributed by atoms with van der Waals surface area (Å²) in [6.45, 7) is 6.24. The molecular weight excluding hydrogens is 202 g/mol. The van der Waals surface area contributed by atoms with Gasteiger partial charge in [-0.2, -0.15) is 0 Å². The molecule has 0 amide bonds. The van der Waals surface area contributed by atoms with Gasteiger partial charge in [0.2, 0.25) is 0 Å². The minimum Gasteiger partial charge on any atom is -0.487 e. The summed E-state index contributed by atoms with van der Waals surface area (Å²) in [4.78, 5) is 0. The summed E-state index contributed by atoms with van der Waals surface area (Å²) in [5, 5.41) is 9.79. The molecule has 0 saturated carbocycles. The third-order valence-electron chi connectivity index (χ3n) is 2.63. The molecule has 1 rings (SSSR count). The maximum atomic E-state index is 9.79. The Hall–Kier alpha value is -1.06. The number of rotatable bonds is 5. The molecule has 0 aliphatic rings. The van der Waals surface area contributed by atoms with Crippen molar-refractivity contribution in [3.05, 3.63) is 29.8 Å². The summed E-state index contributed by atoms with van der Waals surface area (Å²) in [6.07, 6.45) is -0.884. The van der Waals surface area contributed by atoms with Crippen LogP contribution in [0.5, 0.6) is 5.75 Å². The van der Waals surface area contributed by atoms with Crippen molar-refractivity contribution in [2.24, 2.45) is 11.7 Å². The molecule has 0 aliphatic carbocycles. The van der Waals surface area contributed by atoms with Crippen molar-refractivity contribution in [3.8, 4) is 5.75 Å². The quantitative estimate of drug-likeness (QED) is 0.799. The van der Waals surface area contributed by atoms with Gasteiger partial charge in [-0.3, -0.25) is 0 Å². The first-order valence-electron chi connectivity index (χ1n) is 5.66. The van der Waals surface area contributed by atoms with Crippen molar-refractivity contribution in [1.82, 2.24) is 0 Å². The molecule has 3 N–H and O–H groups in total. The normalized spacial score (nSPS) is 14.9. The Morgan fingerprint density at radius 2 is 1.94 bits per heavy atom. The molecule has 2 atom stereocenters. The van der Waals surface area contributed by atoms with E-state index in [-0.39, 0.29) is 18.6 Å². The van der Waals surface area contributed by atoms with Gasteiger partial charge in [-0.25, -0.2) is 0 Å². The predicted octanol–water partition coefficient (Wildman–Crippen LogP) is 1.72. The lowest BCUT2D eigenvalue weighted by Crippen LogP contribution is -2.41. The summed E-state index contributed by atoms with van der Waals surface area (Å²) in [5.74, 6) is 1.03. The predicted molar refractivity (Wildman–Crippen MR) is 65.5 cm³/mol. The topological polar surface area (TPSA) is 55.5 Å². The van der Waals surface area contributed by atoms with E-state index in [0.717, 1.165) is 11.3 Å². The number of hydrogen-bond donors (Lipinski definition) is 2. The molecule has 2 unspecified atom stereocenters. The first-order valence-corrected chi connectivity index (χ1v) is 5.66. The Bertz CT molecular complexity index is 325. The van der Waals surface area contributed by atoms with Crippen molar-refractivity contribution in [1.29, 1.82) is 0 Å². The van der Waals surface area contributed by atoms with Gasteiger partial charge in [0.05, 0.1) is 0 Å². The Balaban J connectivity index is 2.80. The third-order valence-corrected chi connectivity index (χ3v) is 2.63. The van der Waals surface area contributed by atoms with Gasteiger partial charge >= 0.3 is 0 Å². The average Bonchev–Trinajstić information content (AvgIpc) is 2.26. The molecule has 3 nitrogen and oxygen atoms in total. The van der Waals surface area contributed by atoms with Crippen LogP contribution in [0.1, 0.15) is 19.4 Å². The third kappa shape index (κ3) is 3.22. The second-order valence-corrected chi connectivity index (χ2v) is 4.40. The van der Waals surface area contributed by atoms with E-state index in [2.05, 4.69) is 0 Å². The van der Waals surface area contributed by atoms with Crippen LogP contribution in [0.25, 0.3) is 0 Å². The van der Waals surface area contributed by atoms with Crippen LogP contribution in [0.15, 0.2) is 24.3 Å². The highest BCUT2D eigenvalue weighted by Gasteiger charge is 2.23. The molecule has 1 aromatic rings. The molecule has 16 heavy (non-hydrogen) atoms. The minimum atomic E-state index is -0.625. The molecule has 0 saturated heterocycles. The number of aryl methyl sites for hydroxylation is 1. The molecule has 0 heterocycles. The maximum absolute atomic E-state index is 9.79. The molecule has 1 aromatic carbocycles. The van der Waals surface area contributed by atoms with Gasteiger partial charge in [0.15, 0.2) is 0 Å². The smallest absolute Gasteiger partial charge is 0.128 e. The summed E-state index contributed by atoms with van der Waals surface area (Å²) in [6, 6.07) is 7.79. The van der Waals surface area contributed by atoms with Crippen molar-refractivity contribution >= 4 is 0 Å². The van der Waals surface area contributed by atoms with Crippen LogP contribution in [-0.2, 0) is 0 Å². The standard InChI is InChI=1S/C13H21NO2/c1-9(2)13(11(15)8-14)16-12-7-5-4-6-10(12)3/h4-7,9,11,13,15H,8,14H2,1-3H3. The van der Waals surface area contributed by atoms with E-state index in [1.807, 2.05) is 45.0 Å². The summed E-state index contributed by atoms with van der Waals surface area (Å²) < 4.78 is 5.83. The van der Waals surface area contributed by atoms with E-state index in [0.29, 0.717) is 0 Å². The molecule has 3 heteroatoms. The molecular formula is C13H21NO2. The second-order valence-electron chi connectivity index (χ2n) is 4.40. The van der Waals surface area contributed by atoms with Crippen molar-refractivity contribution in [3.63, 3.8) is 0 Å². The number of ether oxygens (including phenoxy) is 1. The van der Waals surface area contributed by atoms with E-state index in [4.69, 9.17) is 10.5 Å². The SMILES string of the molecule is Cc1ccccc1OC(C(C)C)C(O)CN. The van der Waals surface area contributed by atoms with Gasteiger partial charge in [-0.1, -0.05) is 32.0 Å². The fourth-order valence-electron chi connectivity index (χ4n) is 1.63. The highest BCUT2D eigenvalue weighted by Crippen LogP contribution is 2.21. The fraction of sp³-hybridized carbons (Fsp3) is 0.538. The van der Waals surface area contributed by atoms with Gasteiger partial charge < -0.3 is 15.6 Å². The fourth-order valence-corrected chi connectivity index (χ4v) is 1.63. The van der Waals surface area contributed by atoms with Gasteiger partial charge in [0, 0.05) is 6.54 Å². The Kier molecular flexibility index (Phi) is 4.77. The zero-order chi connectivity index (χ0) is 12.1. The van der Waals surface area contributed by atoms with Gasteiger partial charge in [-0.15, -0.1) is 0 Å². The first kappa shape index (κ1) is 13.0. The van der Waals surface area contributed by atoms with Crippen LogP contribution < -0.4 is 10.5 Å². The Labute approximate surface area is 97.2 Å². The van der Waals surface area contributed by atoms with Crippen LogP contribution in [-0.4, -0.2) is 23.9 Å². The van der Waals surface area contributed by atoms with E-state index in [1.54, 1.807) is 0 Å². The minimum absolute atomic E-state index is 0.217. The van der Waals surface area contributed by atoms with Gasteiger partial charge in [-0.05, 0) is 24.5 Å². The first-order chi connectivity index (χ1) is 7.56. The van der Waals surface area contributed by atoms with E-state index >= 15 is 0 Å².